The van der Waals surface area contributed by atoms with Crippen molar-refractivity contribution in [2.45, 2.75) is 57.5 Å². The standard InChI is InChI=1S/C23H30N6O2/c1-14(2)18-6-5-7-19(24-18)15-8-9-16(10-15)20-12-22(27-26-20)25-23(30)21-11-17(13-31-4)28-29(21)3/h5-7,11-12,14-16H,8-10,13H2,1-4H3,(H2,25,26,27,30)/t15-,16+/m1/s1. The Morgan fingerprint density at radius 3 is 2.87 bits per heavy atom. The number of pyridine rings is 1. The number of nitrogens with zero attached hydrogens (tertiary/aromatic N) is 4. The summed E-state index contributed by atoms with van der Waals surface area (Å²) >= 11 is 0. The maximum Gasteiger partial charge on any atom is 0.275 e. The molecule has 3 aromatic heterocycles. The summed E-state index contributed by atoms with van der Waals surface area (Å²) < 4.78 is 6.64. The molecule has 0 aromatic carbocycles. The predicted octanol–water partition coefficient (Wildman–Crippen LogP) is 4.11. The molecule has 0 aliphatic heterocycles. The molecular formula is C23H30N6O2. The van der Waals surface area contributed by atoms with Gasteiger partial charge in [-0.3, -0.25) is 19.6 Å². The van der Waals surface area contributed by atoms with E-state index >= 15 is 0 Å². The van der Waals surface area contributed by atoms with Crippen molar-refractivity contribution < 1.29 is 9.53 Å². The van der Waals surface area contributed by atoms with Crippen LogP contribution in [0.25, 0.3) is 0 Å². The number of nitrogens with one attached hydrogen (secondary N) is 2. The van der Waals surface area contributed by atoms with Gasteiger partial charge in [-0.2, -0.15) is 10.2 Å². The molecule has 0 spiro atoms. The van der Waals surface area contributed by atoms with Crippen molar-refractivity contribution in [2.75, 3.05) is 12.4 Å². The number of rotatable bonds is 7. The second kappa shape index (κ2) is 9.01. The number of H-pyrrole nitrogens is 1. The van der Waals surface area contributed by atoms with Gasteiger partial charge in [-0.1, -0.05) is 19.9 Å². The number of ether oxygens (including phenoxy) is 1. The van der Waals surface area contributed by atoms with Crippen molar-refractivity contribution in [2.24, 2.45) is 7.05 Å². The lowest BCUT2D eigenvalue weighted by Gasteiger charge is -2.12. The molecule has 164 valence electrons. The number of aromatic nitrogens is 5. The Morgan fingerprint density at radius 2 is 2.10 bits per heavy atom. The first-order chi connectivity index (χ1) is 14.9. The second-order valence-corrected chi connectivity index (χ2v) is 8.59. The van der Waals surface area contributed by atoms with Gasteiger partial charge in [0, 0.05) is 49.1 Å². The average molecular weight is 423 g/mol. The van der Waals surface area contributed by atoms with Gasteiger partial charge in [0.1, 0.15) is 5.69 Å². The van der Waals surface area contributed by atoms with E-state index in [1.807, 2.05) is 6.07 Å². The zero-order valence-electron chi connectivity index (χ0n) is 18.6. The summed E-state index contributed by atoms with van der Waals surface area (Å²) in [7, 11) is 3.34. The minimum Gasteiger partial charge on any atom is -0.378 e. The maximum atomic E-state index is 12.6. The van der Waals surface area contributed by atoms with Crippen LogP contribution < -0.4 is 5.32 Å². The zero-order valence-corrected chi connectivity index (χ0v) is 18.6. The number of amides is 1. The van der Waals surface area contributed by atoms with Crippen molar-refractivity contribution >= 4 is 11.7 Å². The molecule has 3 aromatic rings. The largest absolute Gasteiger partial charge is 0.378 e. The number of methoxy groups -OCH3 is 1. The quantitative estimate of drug-likeness (QED) is 0.597. The molecule has 0 radical (unpaired) electrons. The van der Waals surface area contributed by atoms with Crippen molar-refractivity contribution in [1.82, 2.24) is 25.0 Å². The number of carbonyl (C=O) groups is 1. The summed E-state index contributed by atoms with van der Waals surface area (Å²) in [6.45, 7) is 4.72. The number of aromatic amines is 1. The fourth-order valence-electron chi connectivity index (χ4n) is 4.30. The summed E-state index contributed by atoms with van der Waals surface area (Å²) in [5.74, 6) is 1.56. The lowest BCUT2D eigenvalue weighted by atomic mass is 9.98. The number of carbonyl (C=O) groups excluding carboxylic acids is 1. The molecule has 31 heavy (non-hydrogen) atoms. The van der Waals surface area contributed by atoms with E-state index in [1.165, 1.54) is 5.69 Å². The molecule has 3 heterocycles. The first kappa shape index (κ1) is 21.2. The number of hydrogen-bond donors (Lipinski definition) is 2. The smallest absolute Gasteiger partial charge is 0.275 e. The topological polar surface area (TPSA) is 97.7 Å². The summed E-state index contributed by atoms with van der Waals surface area (Å²) in [6, 6.07) is 10.0. The SMILES string of the molecule is COCc1cc(C(=O)Nc2cc([C@H]3CC[C@@H](c4cccc(C(C)C)n4)C3)[nH]n2)n(C)n1. The van der Waals surface area contributed by atoms with Gasteiger partial charge >= 0.3 is 0 Å². The van der Waals surface area contributed by atoms with Gasteiger partial charge in [0.2, 0.25) is 0 Å². The minimum atomic E-state index is -0.241. The maximum absolute atomic E-state index is 12.6. The third-order valence-corrected chi connectivity index (χ3v) is 5.97. The molecule has 2 atom stereocenters. The molecule has 1 saturated carbocycles. The Hall–Kier alpha value is -3.00. The van der Waals surface area contributed by atoms with Gasteiger partial charge in [0.15, 0.2) is 5.82 Å². The molecule has 2 N–H and O–H groups in total. The molecule has 1 aliphatic rings. The first-order valence-corrected chi connectivity index (χ1v) is 10.8. The summed E-state index contributed by atoms with van der Waals surface area (Å²) in [6.07, 6.45) is 3.22. The first-order valence-electron chi connectivity index (χ1n) is 10.8. The van der Waals surface area contributed by atoms with Gasteiger partial charge in [-0.05, 0) is 43.4 Å². The Bertz CT molecular complexity index is 1050. The Balaban J connectivity index is 1.40. The third kappa shape index (κ3) is 4.69. The van der Waals surface area contributed by atoms with Crippen LogP contribution in [-0.2, 0) is 18.4 Å². The van der Waals surface area contributed by atoms with Crippen LogP contribution in [0.3, 0.4) is 0 Å². The molecule has 8 heteroatoms. The van der Waals surface area contributed by atoms with Gasteiger partial charge < -0.3 is 10.1 Å². The summed E-state index contributed by atoms with van der Waals surface area (Å²) in [5, 5.41) is 14.6. The van der Waals surface area contributed by atoms with Gasteiger partial charge in [-0.15, -0.1) is 0 Å². The lowest BCUT2D eigenvalue weighted by Crippen LogP contribution is -2.16. The fourth-order valence-corrected chi connectivity index (χ4v) is 4.30. The number of anilines is 1. The highest BCUT2D eigenvalue weighted by Gasteiger charge is 2.29. The molecule has 0 unspecified atom stereocenters. The van der Waals surface area contributed by atoms with Gasteiger partial charge in [-0.25, -0.2) is 0 Å². The average Bonchev–Trinajstić information content (AvgIpc) is 3.48. The van der Waals surface area contributed by atoms with Gasteiger partial charge in [0.05, 0.1) is 12.3 Å². The van der Waals surface area contributed by atoms with E-state index in [2.05, 4.69) is 52.7 Å². The van der Waals surface area contributed by atoms with Crippen LogP contribution in [0, 0.1) is 0 Å². The zero-order chi connectivity index (χ0) is 22.0. The predicted molar refractivity (Wildman–Crippen MR) is 118 cm³/mol. The molecule has 0 bridgehead atoms. The summed E-state index contributed by atoms with van der Waals surface area (Å²) in [4.78, 5) is 17.5. The molecule has 0 saturated heterocycles. The van der Waals surface area contributed by atoms with Crippen LogP contribution in [0.15, 0.2) is 30.3 Å². The Labute approximate surface area is 182 Å². The van der Waals surface area contributed by atoms with E-state index in [1.54, 1.807) is 24.9 Å². The molecule has 1 aliphatic carbocycles. The van der Waals surface area contributed by atoms with Crippen LogP contribution in [-0.4, -0.2) is 38.0 Å². The summed E-state index contributed by atoms with van der Waals surface area (Å²) in [5.41, 5.74) is 4.57. The molecular weight excluding hydrogens is 392 g/mol. The van der Waals surface area contributed by atoms with E-state index in [-0.39, 0.29) is 5.91 Å². The van der Waals surface area contributed by atoms with Crippen molar-refractivity contribution in [3.63, 3.8) is 0 Å². The van der Waals surface area contributed by atoms with Crippen LogP contribution in [0.1, 0.15) is 84.1 Å². The minimum absolute atomic E-state index is 0.241. The highest BCUT2D eigenvalue weighted by molar-refractivity contribution is 6.02. The Morgan fingerprint density at radius 1 is 1.29 bits per heavy atom. The van der Waals surface area contributed by atoms with Crippen LogP contribution in [0.4, 0.5) is 5.82 Å². The van der Waals surface area contributed by atoms with Crippen molar-refractivity contribution in [1.29, 1.82) is 0 Å². The monoisotopic (exact) mass is 422 g/mol. The highest BCUT2D eigenvalue weighted by Crippen LogP contribution is 2.43. The second-order valence-electron chi connectivity index (χ2n) is 8.59. The van der Waals surface area contributed by atoms with Gasteiger partial charge in [0.25, 0.3) is 5.91 Å². The van der Waals surface area contributed by atoms with Crippen molar-refractivity contribution in [3.8, 4) is 0 Å². The van der Waals surface area contributed by atoms with Crippen LogP contribution in [0.5, 0.6) is 0 Å². The van der Waals surface area contributed by atoms with Crippen LogP contribution in [0.2, 0.25) is 0 Å². The van der Waals surface area contributed by atoms with Crippen LogP contribution >= 0.6 is 0 Å². The number of aryl methyl sites for hydroxylation is 1. The fraction of sp³-hybridized carbons (Fsp3) is 0.478. The lowest BCUT2D eigenvalue weighted by molar-refractivity contribution is 0.101. The van der Waals surface area contributed by atoms with E-state index < -0.39 is 0 Å². The molecule has 4 rings (SSSR count). The highest BCUT2D eigenvalue weighted by atomic mass is 16.5. The van der Waals surface area contributed by atoms with E-state index in [0.717, 1.165) is 30.7 Å². The van der Waals surface area contributed by atoms with E-state index in [4.69, 9.17) is 9.72 Å². The molecule has 1 amide bonds. The van der Waals surface area contributed by atoms with Crippen molar-refractivity contribution in [3.05, 3.63) is 58.8 Å². The normalized spacial score (nSPS) is 18.6. The number of hydrogen-bond acceptors (Lipinski definition) is 5. The Kier molecular flexibility index (Phi) is 6.18. The van der Waals surface area contributed by atoms with E-state index in [9.17, 15) is 4.79 Å². The third-order valence-electron chi connectivity index (χ3n) is 5.97. The van der Waals surface area contributed by atoms with E-state index in [0.29, 0.717) is 41.6 Å². The molecule has 1 fully saturated rings. The molecule has 8 nitrogen and oxygen atoms in total.